The van der Waals surface area contributed by atoms with Gasteiger partial charge in [0.25, 0.3) is 11.8 Å². The minimum Gasteiger partial charge on any atom is -0.366 e. The van der Waals surface area contributed by atoms with Gasteiger partial charge in [-0.15, -0.1) is 0 Å². The standard InChI is InChI=1S/C29H37N5O2/c1-17(2)10-23-14-22(15-25(28(30)35)27(23)31-8)13-19(5)12-20(6)29(36)34(9)16-26-24(11-18(3)4)21(7)32-33-26/h10-12,14-15H,6,8,13,16H2,1-5,7,9H3,(H2,30,35)(H,32,33)/b19-12+. The number of nitrogens with one attached hydrogen (secondary N) is 1. The summed E-state index contributed by atoms with van der Waals surface area (Å²) in [6.07, 6.45) is 6.29. The number of benzene rings is 1. The van der Waals surface area contributed by atoms with Crippen LogP contribution in [0.3, 0.4) is 0 Å². The average Bonchev–Trinajstić information content (AvgIpc) is 3.10. The molecule has 2 amide bonds. The second-order valence-electron chi connectivity index (χ2n) is 9.61. The fourth-order valence-corrected chi connectivity index (χ4v) is 3.97. The zero-order valence-corrected chi connectivity index (χ0v) is 22.5. The number of aromatic nitrogens is 2. The van der Waals surface area contributed by atoms with Crippen molar-refractivity contribution in [2.24, 2.45) is 10.7 Å². The first kappa shape index (κ1) is 28.2. The van der Waals surface area contributed by atoms with E-state index >= 15 is 0 Å². The Hall–Kier alpha value is -4.00. The van der Waals surface area contributed by atoms with E-state index in [2.05, 4.69) is 34.6 Å². The third-order valence-electron chi connectivity index (χ3n) is 5.49. The maximum Gasteiger partial charge on any atom is 0.253 e. The average molecular weight is 488 g/mol. The highest BCUT2D eigenvalue weighted by atomic mass is 16.2. The Morgan fingerprint density at radius 2 is 1.78 bits per heavy atom. The summed E-state index contributed by atoms with van der Waals surface area (Å²) >= 11 is 0. The van der Waals surface area contributed by atoms with E-state index in [1.165, 1.54) is 0 Å². The fourth-order valence-electron chi connectivity index (χ4n) is 3.97. The molecular weight excluding hydrogens is 450 g/mol. The number of primary amides is 1. The lowest BCUT2D eigenvalue weighted by atomic mass is 9.96. The predicted molar refractivity (Wildman–Crippen MR) is 149 cm³/mol. The van der Waals surface area contributed by atoms with E-state index in [0.717, 1.165) is 44.8 Å². The summed E-state index contributed by atoms with van der Waals surface area (Å²) in [6, 6.07) is 3.69. The Kier molecular flexibility index (Phi) is 9.50. The van der Waals surface area contributed by atoms with Gasteiger partial charge in [0, 0.05) is 29.4 Å². The molecule has 0 fully saturated rings. The maximum atomic E-state index is 13.0. The summed E-state index contributed by atoms with van der Waals surface area (Å²) in [7, 11) is 1.73. The summed E-state index contributed by atoms with van der Waals surface area (Å²) in [4.78, 5) is 30.7. The van der Waals surface area contributed by atoms with Crippen LogP contribution in [0.4, 0.5) is 5.69 Å². The van der Waals surface area contributed by atoms with Crippen LogP contribution in [0, 0.1) is 6.92 Å². The Morgan fingerprint density at radius 3 is 2.33 bits per heavy atom. The molecule has 3 N–H and O–H groups in total. The van der Waals surface area contributed by atoms with Crippen molar-refractivity contribution in [3.05, 3.63) is 80.7 Å². The molecule has 190 valence electrons. The SMILES string of the molecule is C=Nc1c(C=C(C)C)cc(C/C(C)=C/C(=C)C(=O)N(C)Cc2n[nH]c(C)c2C=C(C)C)cc1C(N)=O. The van der Waals surface area contributed by atoms with Crippen LogP contribution >= 0.6 is 0 Å². The van der Waals surface area contributed by atoms with Gasteiger partial charge in [-0.1, -0.05) is 41.5 Å². The van der Waals surface area contributed by atoms with Gasteiger partial charge in [-0.2, -0.15) is 5.10 Å². The smallest absolute Gasteiger partial charge is 0.253 e. The third-order valence-corrected chi connectivity index (χ3v) is 5.49. The minimum atomic E-state index is -0.563. The number of rotatable bonds is 10. The first-order chi connectivity index (χ1) is 16.8. The molecule has 0 radical (unpaired) electrons. The molecule has 2 rings (SSSR count). The highest BCUT2D eigenvalue weighted by molar-refractivity contribution is 6.00. The van der Waals surface area contributed by atoms with E-state index in [-0.39, 0.29) is 5.91 Å². The summed E-state index contributed by atoms with van der Waals surface area (Å²) < 4.78 is 0. The number of nitrogens with zero attached hydrogens (tertiary/aromatic N) is 3. The summed E-state index contributed by atoms with van der Waals surface area (Å²) in [5.41, 5.74) is 14.3. The van der Waals surface area contributed by atoms with E-state index in [4.69, 9.17) is 5.73 Å². The number of allylic oxidation sites excluding steroid dienone is 3. The number of hydrogen-bond donors (Lipinski definition) is 2. The van der Waals surface area contributed by atoms with Crippen LogP contribution in [0.2, 0.25) is 0 Å². The highest BCUT2D eigenvalue weighted by Gasteiger charge is 2.17. The molecule has 0 aliphatic rings. The van der Waals surface area contributed by atoms with Crippen LogP contribution in [0.1, 0.15) is 73.1 Å². The van der Waals surface area contributed by atoms with E-state index in [9.17, 15) is 9.59 Å². The molecule has 0 aliphatic carbocycles. The first-order valence-corrected chi connectivity index (χ1v) is 11.7. The minimum absolute atomic E-state index is 0.188. The van der Waals surface area contributed by atoms with Crippen molar-refractivity contribution in [3.8, 4) is 0 Å². The normalized spacial score (nSPS) is 11.0. The molecule has 1 heterocycles. The van der Waals surface area contributed by atoms with Crippen molar-refractivity contribution in [1.82, 2.24) is 15.1 Å². The van der Waals surface area contributed by atoms with E-state index in [1.807, 2.05) is 53.7 Å². The largest absolute Gasteiger partial charge is 0.366 e. The van der Waals surface area contributed by atoms with E-state index in [1.54, 1.807) is 24.1 Å². The van der Waals surface area contributed by atoms with Crippen molar-refractivity contribution >= 4 is 36.4 Å². The summed E-state index contributed by atoms with van der Waals surface area (Å²) in [5.74, 6) is -0.751. The molecule has 7 heteroatoms. The molecule has 7 nitrogen and oxygen atoms in total. The van der Waals surface area contributed by atoms with Crippen LogP contribution < -0.4 is 5.73 Å². The number of aryl methyl sites for hydroxylation is 1. The van der Waals surface area contributed by atoms with Gasteiger partial charge in [0.15, 0.2) is 0 Å². The van der Waals surface area contributed by atoms with Crippen molar-refractivity contribution < 1.29 is 9.59 Å². The van der Waals surface area contributed by atoms with Gasteiger partial charge in [-0.25, -0.2) is 0 Å². The molecule has 1 aromatic carbocycles. The van der Waals surface area contributed by atoms with E-state index in [0.29, 0.717) is 29.8 Å². The van der Waals surface area contributed by atoms with Crippen LogP contribution in [0.5, 0.6) is 0 Å². The van der Waals surface area contributed by atoms with Crippen LogP contribution in [0.25, 0.3) is 12.2 Å². The maximum absolute atomic E-state index is 13.0. The molecule has 0 atom stereocenters. The number of amides is 2. The number of hydrogen-bond acceptors (Lipinski definition) is 4. The molecule has 0 spiro atoms. The molecule has 0 saturated carbocycles. The highest BCUT2D eigenvalue weighted by Crippen LogP contribution is 2.29. The topological polar surface area (TPSA) is 104 Å². The molecule has 0 saturated heterocycles. The van der Waals surface area contributed by atoms with Gasteiger partial charge >= 0.3 is 0 Å². The predicted octanol–water partition coefficient (Wildman–Crippen LogP) is 5.70. The molecule has 36 heavy (non-hydrogen) atoms. The van der Waals surface area contributed by atoms with Gasteiger partial charge < -0.3 is 10.6 Å². The Bertz CT molecular complexity index is 1280. The zero-order valence-electron chi connectivity index (χ0n) is 22.5. The number of carbonyl (C=O) groups excluding carboxylic acids is 2. The molecule has 0 aliphatic heterocycles. The van der Waals surface area contributed by atoms with Crippen LogP contribution in [-0.4, -0.2) is 40.7 Å². The Balaban J connectivity index is 2.25. The lowest BCUT2D eigenvalue weighted by molar-refractivity contribution is -0.126. The van der Waals surface area contributed by atoms with E-state index < -0.39 is 5.91 Å². The Morgan fingerprint density at radius 1 is 1.14 bits per heavy atom. The number of aliphatic imine (C=N–C) groups is 1. The fraction of sp³-hybridized carbons (Fsp3) is 0.310. The summed E-state index contributed by atoms with van der Waals surface area (Å²) in [6.45, 7) is 19.8. The van der Waals surface area contributed by atoms with Gasteiger partial charge in [0.1, 0.15) is 0 Å². The van der Waals surface area contributed by atoms with Crippen LogP contribution in [0.15, 0.2) is 52.1 Å². The quantitative estimate of drug-likeness (QED) is 0.255. The number of nitrogens with two attached hydrogens (primary N) is 1. The second kappa shape index (κ2) is 12.1. The molecule has 0 unspecified atom stereocenters. The van der Waals surface area contributed by atoms with Crippen molar-refractivity contribution in [2.45, 2.75) is 54.5 Å². The van der Waals surface area contributed by atoms with Gasteiger partial charge in [0.05, 0.1) is 23.5 Å². The van der Waals surface area contributed by atoms with Crippen molar-refractivity contribution in [1.29, 1.82) is 0 Å². The second-order valence-corrected chi connectivity index (χ2v) is 9.61. The first-order valence-electron chi connectivity index (χ1n) is 11.7. The molecule has 2 aromatic rings. The van der Waals surface area contributed by atoms with Crippen LogP contribution in [-0.2, 0) is 17.8 Å². The van der Waals surface area contributed by atoms with Gasteiger partial charge in [-0.05, 0) is 72.4 Å². The third kappa shape index (κ3) is 7.25. The lowest BCUT2D eigenvalue weighted by Gasteiger charge is -2.17. The monoisotopic (exact) mass is 487 g/mol. The Labute approximate surface area is 214 Å². The van der Waals surface area contributed by atoms with Crippen molar-refractivity contribution in [3.63, 3.8) is 0 Å². The number of H-pyrrole nitrogens is 1. The molecule has 1 aromatic heterocycles. The number of likely N-dealkylation sites (N-methyl/N-ethyl adjacent to an activating group) is 1. The van der Waals surface area contributed by atoms with Gasteiger partial charge in [0.2, 0.25) is 0 Å². The van der Waals surface area contributed by atoms with Gasteiger partial charge in [-0.3, -0.25) is 19.7 Å². The zero-order chi connectivity index (χ0) is 27.2. The molecule has 0 bridgehead atoms. The van der Waals surface area contributed by atoms with Crippen molar-refractivity contribution in [2.75, 3.05) is 7.05 Å². The number of carbonyl (C=O) groups is 2. The molecular formula is C29H37N5O2. The number of aromatic amines is 1. The summed E-state index contributed by atoms with van der Waals surface area (Å²) in [5, 5.41) is 7.37. The lowest BCUT2D eigenvalue weighted by Crippen LogP contribution is -2.27.